The molecule has 1 aromatic rings. The summed E-state index contributed by atoms with van der Waals surface area (Å²) in [6.07, 6.45) is 8.75. The molecule has 1 aliphatic rings. The predicted octanol–water partition coefficient (Wildman–Crippen LogP) is 4.08. The summed E-state index contributed by atoms with van der Waals surface area (Å²) in [7, 11) is 0. The number of benzene rings is 1. The Labute approximate surface area is 130 Å². The van der Waals surface area contributed by atoms with Crippen molar-refractivity contribution in [2.45, 2.75) is 64.3 Å². The van der Waals surface area contributed by atoms with Gasteiger partial charge >= 0.3 is 0 Å². The zero-order valence-electron chi connectivity index (χ0n) is 13.9. The van der Waals surface area contributed by atoms with Crippen molar-refractivity contribution in [3.05, 3.63) is 35.4 Å². The van der Waals surface area contributed by atoms with Crippen molar-refractivity contribution < 1.29 is 0 Å². The monoisotopic (exact) mass is 288 g/mol. The molecule has 2 nitrogen and oxygen atoms in total. The summed E-state index contributed by atoms with van der Waals surface area (Å²) >= 11 is 0. The number of aryl methyl sites for hydroxylation is 1. The average Bonchev–Trinajstić information content (AvgIpc) is 2.54. The van der Waals surface area contributed by atoms with Gasteiger partial charge in [-0.15, -0.1) is 0 Å². The molecular formula is C19H32N2. The second kappa shape index (κ2) is 7.95. The van der Waals surface area contributed by atoms with Gasteiger partial charge in [-0.25, -0.2) is 0 Å². The van der Waals surface area contributed by atoms with Crippen LogP contribution in [0.15, 0.2) is 24.3 Å². The number of rotatable bonds is 8. The Hall–Kier alpha value is -0.860. The third-order valence-electron chi connectivity index (χ3n) is 5.06. The average molecular weight is 288 g/mol. The molecule has 0 aliphatic heterocycles. The molecule has 1 aliphatic carbocycles. The van der Waals surface area contributed by atoms with Crippen molar-refractivity contribution >= 4 is 0 Å². The topological polar surface area (TPSA) is 29.3 Å². The van der Waals surface area contributed by atoms with Gasteiger partial charge in [0.1, 0.15) is 0 Å². The highest BCUT2D eigenvalue weighted by molar-refractivity contribution is 5.36. The van der Waals surface area contributed by atoms with Gasteiger partial charge in [0, 0.05) is 6.54 Å². The standard InChI is InChI=1S/C19H32N2/c1-3-5-14-21(15-6-4-2)19(16-20)13-9-11-17-10-7-8-12-18(17)19/h7-8,10,12H,3-6,9,11,13-16,20H2,1-2H3. The molecule has 0 amide bonds. The van der Waals surface area contributed by atoms with Crippen molar-refractivity contribution in [3.8, 4) is 0 Å². The summed E-state index contributed by atoms with van der Waals surface area (Å²) < 4.78 is 0. The van der Waals surface area contributed by atoms with Crippen LogP contribution in [0.2, 0.25) is 0 Å². The molecule has 1 aromatic carbocycles. The highest BCUT2D eigenvalue weighted by Crippen LogP contribution is 2.39. The van der Waals surface area contributed by atoms with Gasteiger partial charge in [-0.1, -0.05) is 51.0 Å². The van der Waals surface area contributed by atoms with Crippen LogP contribution in [0, 0.1) is 0 Å². The normalized spacial score (nSPS) is 21.5. The number of nitrogens with two attached hydrogens (primary N) is 1. The number of hydrogen-bond acceptors (Lipinski definition) is 2. The largest absolute Gasteiger partial charge is 0.328 e. The second-order valence-corrected chi connectivity index (χ2v) is 6.44. The minimum absolute atomic E-state index is 0.0825. The lowest BCUT2D eigenvalue weighted by Crippen LogP contribution is -2.53. The van der Waals surface area contributed by atoms with E-state index in [0.717, 1.165) is 6.54 Å². The van der Waals surface area contributed by atoms with Crippen LogP contribution in [0.25, 0.3) is 0 Å². The maximum atomic E-state index is 6.36. The second-order valence-electron chi connectivity index (χ2n) is 6.44. The Morgan fingerprint density at radius 1 is 1.10 bits per heavy atom. The summed E-state index contributed by atoms with van der Waals surface area (Å²) in [6, 6.07) is 8.99. The van der Waals surface area contributed by atoms with Crippen molar-refractivity contribution in [1.82, 2.24) is 4.90 Å². The Morgan fingerprint density at radius 3 is 2.38 bits per heavy atom. The molecule has 0 heterocycles. The molecule has 2 heteroatoms. The predicted molar refractivity (Wildman–Crippen MR) is 91.5 cm³/mol. The van der Waals surface area contributed by atoms with Gasteiger partial charge in [-0.3, -0.25) is 4.90 Å². The van der Waals surface area contributed by atoms with Gasteiger partial charge in [0.15, 0.2) is 0 Å². The minimum atomic E-state index is 0.0825. The van der Waals surface area contributed by atoms with E-state index >= 15 is 0 Å². The summed E-state index contributed by atoms with van der Waals surface area (Å²) in [5, 5.41) is 0. The van der Waals surface area contributed by atoms with E-state index in [2.05, 4.69) is 43.0 Å². The zero-order chi connectivity index (χ0) is 15.1. The molecule has 0 saturated heterocycles. The van der Waals surface area contributed by atoms with E-state index in [0.29, 0.717) is 0 Å². The molecule has 0 aromatic heterocycles. The lowest BCUT2D eigenvalue weighted by atomic mass is 9.75. The van der Waals surface area contributed by atoms with E-state index in [1.807, 2.05) is 0 Å². The third-order valence-corrected chi connectivity index (χ3v) is 5.06. The van der Waals surface area contributed by atoms with E-state index in [4.69, 9.17) is 5.73 Å². The van der Waals surface area contributed by atoms with E-state index < -0.39 is 0 Å². The molecule has 2 N–H and O–H groups in total. The molecule has 1 atom stereocenters. The van der Waals surface area contributed by atoms with E-state index in [1.165, 1.54) is 69.2 Å². The Bertz CT molecular complexity index is 421. The van der Waals surface area contributed by atoms with Crippen LogP contribution in [0.1, 0.15) is 63.5 Å². The molecule has 21 heavy (non-hydrogen) atoms. The first-order valence-corrected chi connectivity index (χ1v) is 8.82. The van der Waals surface area contributed by atoms with Crippen molar-refractivity contribution in [3.63, 3.8) is 0 Å². The first-order chi connectivity index (χ1) is 10.3. The lowest BCUT2D eigenvalue weighted by molar-refractivity contribution is 0.0705. The van der Waals surface area contributed by atoms with Crippen LogP contribution >= 0.6 is 0 Å². The maximum Gasteiger partial charge on any atom is 0.0586 e. The van der Waals surface area contributed by atoms with Crippen LogP contribution in [0.4, 0.5) is 0 Å². The fourth-order valence-corrected chi connectivity index (χ4v) is 3.81. The highest BCUT2D eigenvalue weighted by Gasteiger charge is 2.39. The molecule has 0 saturated carbocycles. The van der Waals surface area contributed by atoms with Crippen LogP contribution in [-0.2, 0) is 12.0 Å². The van der Waals surface area contributed by atoms with Crippen LogP contribution in [0.5, 0.6) is 0 Å². The number of unbranched alkanes of at least 4 members (excludes halogenated alkanes) is 2. The van der Waals surface area contributed by atoms with Gasteiger partial charge in [-0.2, -0.15) is 0 Å². The number of fused-ring (bicyclic) bond motifs is 1. The van der Waals surface area contributed by atoms with E-state index in [9.17, 15) is 0 Å². The third kappa shape index (κ3) is 3.49. The smallest absolute Gasteiger partial charge is 0.0586 e. The van der Waals surface area contributed by atoms with Crippen molar-refractivity contribution in [2.75, 3.05) is 19.6 Å². The molecule has 118 valence electrons. The maximum absolute atomic E-state index is 6.36. The van der Waals surface area contributed by atoms with Crippen LogP contribution in [0.3, 0.4) is 0 Å². The quantitative estimate of drug-likeness (QED) is 0.781. The SMILES string of the molecule is CCCCN(CCCC)C1(CN)CCCc2ccccc21. The fourth-order valence-electron chi connectivity index (χ4n) is 3.81. The van der Waals surface area contributed by atoms with E-state index in [1.54, 1.807) is 0 Å². The molecule has 0 bridgehead atoms. The van der Waals surface area contributed by atoms with Gasteiger partial charge < -0.3 is 5.73 Å². The minimum Gasteiger partial charge on any atom is -0.328 e. The fraction of sp³-hybridized carbons (Fsp3) is 0.684. The van der Waals surface area contributed by atoms with Crippen LogP contribution in [-0.4, -0.2) is 24.5 Å². The summed E-state index contributed by atoms with van der Waals surface area (Å²) in [5.41, 5.74) is 9.46. The molecule has 0 radical (unpaired) electrons. The summed E-state index contributed by atoms with van der Waals surface area (Å²) in [5.74, 6) is 0. The van der Waals surface area contributed by atoms with E-state index in [-0.39, 0.29) is 5.54 Å². The Balaban J connectivity index is 2.33. The molecular weight excluding hydrogens is 256 g/mol. The Morgan fingerprint density at radius 2 is 1.76 bits per heavy atom. The molecule has 2 rings (SSSR count). The van der Waals surface area contributed by atoms with Crippen LogP contribution < -0.4 is 5.73 Å². The summed E-state index contributed by atoms with van der Waals surface area (Å²) in [4.78, 5) is 2.71. The first kappa shape index (κ1) is 16.5. The van der Waals surface area contributed by atoms with Gasteiger partial charge in [0.2, 0.25) is 0 Å². The molecule has 1 unspecified atom stereocenters. The first-order valence-electron chi connectivity index (χ1n) is 8.82. The molecule has 0 spiro atoms. The molecule has 0 fully saturated rings. The lowest BCUT2D eigenvalue weighted by Gasteiger charge is -2.47. The van der Waals surface area contributed by atoms with Gasteiger partial charge in [0.05, 0.1) is 5.54 Å². The van der Waals surface area contributed by atoms with Gasteiger partial charge in [0.25, 0.3) is 0 Å². The van der Waals surface area contributed by atoms with Crippen molar-refractivity contribution in [2.24, 2.45) is 5.73 Å². The highest BCUT2D eigenvalue weighted by atomic mass is 15.2. The number of hydrogen-bond donors (Lipinski definition) is 1. The van der Waals surface area contributed by atoms with Gasteiger partial charge in [-0.05, 0) is 56.3 Å². The van der Waals surface area contributed by atoms with Crippen molar-refractivity contribution in [1.29, 1.82) is 0 Å². The summed E-state index contributed by atoms with van der Waals surface area (Å²) in [6.45, 7) is 7.67. The zero-order valence-corrected chi connectivity index (χ0v) is 13.9. The number of nitrogens with zero attached hydrogens (tertiary/aromatic N) is 1. The Kier molecular flexibility index (Phi) is 6.25.